The number of carbonyl (C=O) groups is 1. The lowest BCUT2D eigenvalue weighted by Crippen LogP contribution is -2.48. The van der Waals surface area contributed by atoms with E-state index in [2.05, 4.69) is 50.2 Å². The van der Waals surface area contributed by atoms with Crippen LogP contribution in [0.3, 0.4) is 0 Å². The van der Waals surface area contributed by atoms with Crippen molar-refractivity contribution in [2.75, 3.05) is 26.7 Å². The van der Waals surface area contributed by atoms with E-state index in [4.69, 9.17) is 0 Å². The van der Waals surface area contributed by atoms with Crippen LogP contribution in [0.4, 0.5) is 0 Å². The molecule has 1 fully saturated rings. The van der Waals surface area contributed by atoms with Crippen LogP contribution >= 0.6 is 0 Å². The molecule has 3 heteroatoms. The summed E-state index contributed by atoms with van der Waals surface area (Å²) in [5.41, 5.74) is 5.26. The molecular formula is C24H38N2O. The summed E-state index contributed by atoms with van der Waals surface area (Å²) in [6.07, 6.45) is 14.2. The van der Waals surface area contributed by atoms with Crippen LogP contribution in [-0.2, 0) is 4.79 Å². The van der Waals surface area contributed by atoms with Crippen molar-refractivity contribution in [1.82, 2.24) is 10.2 Å². The van der Waals surface area contributed by atoms with Crippen molar-refractivity contribution < 1.29 is 4.79 Å². The van der Waals surface area contributed by atoms with Gasteiger partial charge < -0.3 is 10.2 Å². The van der Waals surface area contributed by atoms with E-state index in [0.717, 1.165) is 38.0 Å². The van der Waals surface area contributed by atoms with Gasteiger partial charge in [0.15, 0.2) is 0 Å². The van der Waals surface area contributed by atoms with Gasteiger partial charge in [0.05, 0.1) is 0 Å². The number of nitrogens with one attached hydrogen (secondary N) is 1. The number of piperidine rings is 1. The van der Waals surface area contributed by atoms with Crippen LogP contribution in [0, 0.1) is 11.3 Å². The van der Waals surface area contributed by atoms with Crippen molar-refractivity contribution in [1.29, 1.82) is 0 Å². The maximum absolute atomic E-state index is 13.0. The topological polar surface area (TPSA) is 32.3 Å². The van der Waals surface area contributed by atoms with Gasteiger partial charge in [0.25, 0.3) is 5.91 Å². The standard InChI is InChI=1S/C24H38N2O/c1-5-20-10-6-7-12-22(20)24(13-15-26(4)16-14-24)17-25-23(27)21-11-8-9-18(2)19(21)3/h11-12,20H,5-10,13-17H2,1-4H3,(H,25,27). The number of hydrogen-bond acceptors (Lipinski definition) is 2. The van der Waals surface area contributed by atoms with Crippen LogP contribution in [0.1, 0.15) is 72.1 Å². The molecule has 0 bridgehead atoms. The highest BCUT2D eigenvalue weighted by Gasteiger charge is 2.40. The van der Waals surface area contributed by atoms with Gasteiger partial charge in [-0.25, -0.2) is 0 Å². The molecule has 0 aromatic rings. The maximum atomic E-state index is 13.0. The molecule has 27 heavy (non-hydrogen) atoms. The van der Waals surface area contributed by atoms with E-state index in [9.17, 15) is 4.79 Å². The third kappa shape index (κ3) is 4.39. The molecule has 0 spiro atoms. The number of nitrogens with zero attached hydrogens (tertiary/aromatic N) is 1. The molecule has 0 saturated carbocycles. The Morgan fingerprint density at radius 2 is 1.96 bits per heavy atom. The molecule has 1 aliphatic heterocycles. The maximum Gasteiger partial charge on any atom is 0.251 e. The molecule has 3 rings (SSSR count). The third-order valence-electron chi connectivity index (χ3n) is 7.35. The van der Waals surface area contributed by atoms with Crippen LogP contribution in [0.5, 0.6) is 0 Å². The Labute approximate surface area is 166 Å². The highest BCUT2D eigenvalue weighted by atomic mass is 16.1. The number of carbonyl (C=O) groups excluding carboxylic acids is 1. The predicted molar refractivity (Wildman–Crippen MR) is 114 cm³/mol. The fourth-order valence-electron chi connectivity index (χ4n) is 5.24. The Balaban J connectivity index is 1.78. The summed E-state index contributed by atoms with van der Waals surface area (Å²) >= 11 is 0. The molecule has 0 aromatic heterocycles. The zero-order valence-electron chi connectivity index (χ0n) is 17.9. The fourth-order valence-corrected chi connectivity index (χ4v) is 5.24. The van der Waals surface area contributed by atoms with Crippen molar-refractivity contribution in [2.24, 2.45) is 11.3 Å². The molecule has 2 aliphatic carbocycles. The molecule has 1 saturated heterocycles. The number of rotatable bonds is 5. The quantitative estimate of drug-likeness (QED) is 0.690. The molecule has 3 aliphatic rings. The van der Waals surface area contributed by atoms with Crippen LogP contribution in [-0.4, -0.2) is 37.5 Å². The van der Waals surface area contributed by atoms with Crippen molar-refractivity contribution in [3.8, 4) is 0 Å². The summed E-state index contributed by atoms with van der Waals surface area (Å²) in [4.78, 5) is 15.4. The molecule has 1 unspecified atom stereocenters. The van der Waals surface area contributed by atoms with E-state index in [1.54, 1.807) is 5.57 Å². The number of likely N-dealkylation sites (tertiary alicyclic amines) is 1. The zero-order valence-corrected chi connectivity index (χ0v) is 17.9. The van der Waals surface area contributed by atoms with Gasteiger partial charge in [-0.15, -0.1) is 0 Å². The first-order valence-electron chi connectivity index (χ1n) is 11.0. The minimum Gasteiger partial charge on any atom is -0.351 e. The number of hydrogen-bond donors (Lipinski definition) is 1. The average Bonchev–Trinajstić information content (AvgIpc) is 2.69. The summed E-state index contributed by atoms with van der Waals surface area (Å²) in [6.45, 7) is 9.64. The SMILES string of the molecule is CCC1CCCC=C1C1(CNC(=O)C2=CCCC(C)=C2C)CCN(C)CC1. The summed E-state index contributed by atoms with van der Waals surface area (Å²) in [5.74, 6) is 0.839. The first-order valence-corrected chi connectivity index (χ1v) is 11.0. The lowest BCUT2D eigenvalue weighted by Gasteiger charge is -2.46. The Morgan fingerprint density at radius 1 is 1.22 bits per heavy atom. The second-order valence-electron chi connectivity index (χ2n) is 9.02. The molecule has 3 nitrogen and oxygen atoms in total. The number of amides is 1. The van der Waals surface area contributed by atoms with Gasteiger partial charge >= 0.3 is 0 Å². The molecule has 1 heterocycles. The molecule has 0 aromatic carbocycles. The minimum atomic E-state index is 0.134. The molecule has 1 atom stereocenters. The minimum absolute atomic E-state index is 0.134. The first kappa shape index (κ1) is 20.4. The second kappa shape index (κ2) is 8.77. The molecular weight excluding hydrogens is 332 g/mol. The van der Waals surface area contributed by atoms with Gasteiger partial charge in [0.1, 0.15) is 0 Å². The van der Waals surface area contributed by atoms with Gasteiger partial charge in [0.2, 0.25) is 0 Å². The second-order valence-corrected chi connectivity index (χ2v) is 9.02. The van der Waals surface area contributed by atoms with Crippen LogP contribution in [0.25, 0.3) is 0 Å². The highest BCUT2D eigenvalue weighted by Crippen LogP contribution is 2.46. The molecule has 150 valence electrons. The van der Waals surface area contributed by atoms with Crippen molar-refractivity contribution >= 4 is 5.91 Å². The zero-order chi connectivity index (χ0) is 19.4. The van der Waals surface area contributed by atoms with E-state index in [1.165, 1.54) is 49.7 Å². The highest BCUT2D eigenvalue weighted by molar-refractivity contribution is 5.98. The lowest BCUT2D eigenvalue weighted by molar-refractivity contribution is -0.117. The lowest BCUT2D eigenvalue weighted by atomic mass is 9.65. The number of allylic oxidation sites excluding steroid dienone is 3. The first-order chi connectivity index (χ1) is 13.0. The van der Waals surface area contributed by atoms with Crippen molar-refractivity contribution in [2.45, 2.75) is 72.1 Å². The Morgan fingerprint density at radius 3 is 2.67 bits per heavy atom. The predicted octanol–water partition coefficient (Wildman–Crippen LogP) is 5.01. The fraction of sp³-hybridized carbons (Fsp3) is 0.708. The Bertz CT molecular complexity index is 647. The molecule has 1 N–H and O–H groups in total. The van der Waals surface area contributed by atoms with Crippen LogP contribution in [0.2, 0.25) is 0 Å². The Kier molecular flexibility index (Phi) is 6.62. The van der Waals surface area contributed by atoms with E-state index < -0.39 is 0 Å². The van der Waals surface area contributed by atoms with E-state index in [-0.39, 0.29) is 11.3 Å². The van der Waals surface area contributed by atoms with Crippen molar-refractivity contribution in [3.05, 3.63) is 34.4 Å². The summed E-state index contributed by atoms with van der Waals surface area (Å²) in [5, 5.41) is 3.37. The third-order valence-corrected chi connectivity index (χ3v) is 7.35. The van der Waals surface area contributed by atoms with Crippen LogP contribution < -0.4 is 5.32 Å². The molecule has 0 radical (unpaired) electrons. The van der Waals surface area contributed by atoms with Gasteiger partial charge in [-0.1, -0.05) is 30.2 Å². The monoisotopic (exact) mass is 370 g/mol. The largest absolute Gasteiger partial charge is 0.351 e. The van der Waals surface area contributed by atoms with E-state index in [0.29, 0.717) is 5.92 Å². The summed E-state index contributed by atoms with van der Waals surface area (Å²) in [6, 6.07) is 0. The molecule has 1 amide bonds. The van der Waals surface area contributed by atoms with Gasteiger partial charge in [-0.2, -0.15) is 0 Å². The van der Waals surface area contributed by atoms with E-state index >= 15 is 0 Å². The van der Waals surface area contributed by atoms with Crippen LogP contribution in [0.15, 0.2) is 34.4 Å². The summed E-state index contributed by atoms with van der Waals surface area (Å²) < 4.78 is 0. The van der Waals surface area contributed by atoms with Gasteiger partial charge in [-0.3, -0.25) is 4.79 Å². The smallest absolute Gasteiger partial charge is 0.251 e. The van der Waals surface area contributed by atoms with Gasteiger partial charge in [0, 0.05) is 17.5 Å². The van der Waals surface area contributed by atoms with Gasteiger partial charge in [-0.05, 0) is 96.8 Å². The Hall–Kier alpha value is -1.35. The van der Waals surface area contributed by atoms with E-state index in [1.807, 2.05) is 0 Å². The normalized spacial score (nSPS) is 26.4. The average molecular weight is 371 g/mol. The summed E-state index contributed by atoms with van der Waals surface area (Å²) in [7, 11) is 2.22. The van der Waals surface area contributed by atoms with Crippen molar-refractivity contribution in [3.63, 3.8) is 0 Å².